The molecule has 0 heterocycles. The normalized spacial score (nSPS) is 13.3. The lowest BCUT2D eigenvalue weighted by Gasteiger charge is -2.12. The Morgan fingerprint density at radius 3 is 2.53 bits per heavy atom. The molecule has 1 unspecified atom stereocenters. The molecule has 0 saturated carbocycles. The number of carbonyl (C=O) groups excluding carboxylic acids is 1. The van der Waals surface area contributed by atoms with Gasteiger partial charge >= 0.3 is 6.18 Å². The van der Waals surface area contributed by atoms with Crippen molar-refractivity contribution in [2.24, 2.45) is 5.73 Å². The second kappa shape index (κ2) is 4.93. The lowest BCUT2D eigenvalue weighted by Crippen LogP contribution is -2.32. The van der Waals surface area contributed by atoms with Crippen LogP contribution in [0, 0.1) is 0 Å². The molecule has 1 atom stereocenters. The Bertz CT molecular complexity index is 432. The number of alkyl halides is 3. The molecule has 7 heteroatoms. The minimum atomic E-state index is -4.56. The Balaban J connectivity index is 3.01. The summed E-state index contributed by atoms with van der Waals surface area (Å²) in [6.45, 7) is 1.43. The zero-order chi connectivity index (χ0) is 13.2. The van der Waals surface area contributed by atoms with E-state index in [1.165, 1.54) is 13.0 Å². The van der Waals surface area contributed by atoms with Gasteiger partial charge in [-0.2, -0.15) is 13.2 Å². The number of hydrogen-bond donors (Lipinski definition) is 2. The third-order valence-electron chi connectivity index (χ3n) is 1.95. The molecule has 0 aliphatic carbocycles. The number of anilines is 1. The average Bonchev–Trinajstić information content (AvgIpc) is 2.19. The zero-order valence-corrected chi connectivity index (χ0v) is 9.56. The highest BCUT2D eigenvalue weighted by molar-refractivity contribution is 6.31. The van der Waals surface area contributed by atoms with Crippen molar-refractivity contribution < 1.29 is 18.0 Å². The Labute approximate surface area is 101 Å². The molecule has 1 aromatic rings. The molecule has 0 spiro atoms. The quantitative estimate of drug-likeness (QED) is 0.865. The van der Waals surface area contributed by atoms with Crippen LogP contribution in [-0.2, 0) is 11.0 Å². The number of benzene rings is 1. The number of carbonyl (C=O) groups is 1. The van der Waals surface area contributed by atoms with Crippen LogP contribution in [0.3, 0.4) is 0 Å². The van der Waals surface area contributed by atoms with Crippen LogP contribution in [-0.4, -0.2) is 11.9 Å². The minimum absolute atomic E-state index is 0.00373. The monoisotopic (exact) mass is 266 g/mol. The summed E-state index contributed by atoms with van der Waals surface area (Å²) >= 11 is 5.42. The van der Waals surface area contributed by atoms with Crippen molar-refractivity contribution in [3.63, 3.8) is 0 Å². The van der Waals surface area contributed by atoms with Crippen molar-refractivity contribution in [2.75, 3.05) is 5.32 Å². The van der Waals surface area contributed by atoms with Gasteiger partial charge in [-0.15, -0.1) is 0 Å². The van der Waals surface area contributed by atoms with E-state index in [2.05, 4.69) is 5.32 Å². The SMILES string of the molecule is CC(N)C(=O)Nc1ccc(Cl)c(C(F)(F)F)c1. The van der Waals surface area contributed by atoms with Crippen molar-refractivity contribution >= 4 is 23.2 Å². The summed E-state index contributed by atoms with van der Waals surface area (Å²) in [4.78, 5) is 11.2. The molecule has 94 valence electrons. The molecule has 1 rings (SSSR count). The van der Waals surface area contributed by atoms with Gasteiger partial charge in [-0.25, -0.2) is 0 Å². The first-order valence-corrected chi connectivity index (χ1v) is 5.03. The molecule has 3 N–H and O–H groups in total. The van der Waals surface area contributed by atoms with E-state index < -0.39 is 28.7 Å². The smallest absolute Gasteiger partial charge is 0.325 e. The molecule has 3 nitrogen and oxygen atoms in total. The number of nitrogens with one attached hydrogen (secondary N) is 1. The summed E-state index contributed by atoms with van der Waals surface area (Å²) in [6, 6.07) is 2.31. The van der Waals surface area contributed by atoms with Crippen LogP contribution in [0.15, 0.2) is 18.2 Å². The van der Waals surface area contributed by atoms with Crippen molar-refractivity contribution in [2.45, 2.75) is 19.1 Å². The van der Waals surface area contributed by atoms with E-state index in [9.17, 15) is 18.0 Å². The van der Waals surface area contributed by atoms with E-state index in [-0.39, 0.29) is 5.69 Å². The topological polar surface area (TPSA) is 55.1 Å². The second-order valence-corrected chi connectivity index (χ2v) is 3.88. The van der Waals surface area contributed by atoms with E-state index in [0.717, 1.165) is 12.1 Å². The van der Waals surface area contributed by atoms with Crippen LogP contribution in [0.1, 0.15) is 12.5 Å². The van der Waals surface area contributed by atoms with Crippen LogP contribution in [0.2, 0.25) is 5.02 Å². The van der Waals surface area contributed by atoms with Gasteiger partial charge in [0.1, 0.15) is 0 Å². The molecule has 0 aliphatic rings. The highest BCUT2D eigenvalue weighted by atomic mass is 35.5. The minimum Gasteiger partial charge on any atom is -0.325 e. The zero-order valence-electron chi connectivity index (χ0n) is 8.81. The first-order chi connectivity index (χ1) is 7.71. The predicted molar refractivity (Wildman–Crippen MR) is 58.7 cm³/mol. The van der Waals surface area contributed by atoms with Crippen LogP contribution in [0.4, 0.5) is 18.9 Å². The number of nitrogens with two attached hydrogens (primary N) is 1. The summed E-state index contributed by atoms with van der Waals surface area (Å²) in [5.74, 6) is -0.569. The summed E-state index contributed by atoms with van der Waals surface area (Å²) in [6.07, 6.45) is -4.56. The van der Waals surface area contributed by atoms with E-state index in [4.69, 9.17) is 17.3 Å². The first kappa shape index (κ1) is 13.8. The first-order valence-electron chi connectivity index (χ1n) is 4.65. The van der Waals surface area contributed by atoms with E-state index >= 15 is 0 Å². The maximum absolute atomic E-state index is 12.5. The maximum atomic E-state index is 12.5. The van der Waals surface area contributed by atoms with Gasteiger partial charge in [0.15, 0.2) is 0 Å². The largest absolute Gasteiger partial charge is 0.417 e. The highest BCUT2D eigenvalue weighted by Gasteiger charge is 2.33. The van der Waals surface area contributed by atoms with Crippen molar-refractivity contribution in [3.8, 4) is 0 Å². The van der Waals surface area contributed by atoms with E-state index in [1.54, 1.807) is 0 Å². The van der Waals surface area contributed by atoms with Crippen LogP contribution < -0.4 is 11.1 Å². The Morgan fingerprint density at radius 1 is 1.47 bits per heavy atom. The van der Waals surface area contributed by atoms with Gasteiger partial charge in [0, 0.05) is 5.69 Å². The molecule has 17 heavy (non-hydrogen) atoms. The molecule has 0 radical (unpaired) electrons. The van der Waals surface area contributed by atoms with E-state index in [0.29, 0.717) is 0 Å². The number of hydrogen-bond acceptors (Lipinski definition) is 2. The van der Waals surface area contributed by atoms with E-state index in [1.807, 2.05) is 0 Å². The molecule has 1 amide bonds. The fraction of sp³-hybridized carbons (Fsp3) is 0.300. The van der Waals surface area contributed by atoms with Gasteiger partial charge in [0.05, 0.1) is 16.6 Å². The Hall–Kier alpha value is -1.27. The molecule has 0 bridgehead atoms. The summed E-state index contributed by atoms with van der Waals surface area (Å²) in [7, 11) is 0. The lowest BCUT2D eigenvalue weighted by atomic mass is 10.2. The average molecular weight is 267 g/mol. The predicted octanol–water partition coefficient (Wildman–Crippen LogP) is 2.64. The lowest BCUT2D eigenvalue weighted by molar-refractivity contribution is -0.137. The standard InChI is InChI=1S/C10H10ClF3N2O/c1-5(15)9(17)16-6-2-3-8(11)7(4-6)10(12,13)14/h2-5H,15H2,1H3,(H,16,17). The van der Waals surface area contributed by atoms with Crippen LogP contribution in [0.5, 0.6) is 0 Å². The molecule has 0 aliphatic heterocycles. The van der Waals surface area contributed by atoms with Crippen molar-refractivity contribution in [3.05, 3.63) is 28.8 Å². The maximum Gasteiger partial charge on any atom is 0.417 e. The van der Waals surface area contributed by atoms with Gasteiger partial charge in [-0.3, -0.25) is 4.79 Å². The second-order valence-electron chi connectivity index (χ2n) is 3.47. The third kappa shape index (κ3) is 3.61. The van der Waals surface area contributed by atoms with Crippen LogP contribution in [0.25, 0.3) is 0 Å². The molecule has 1 aromatic carbocycles. The summed E-state index contributed by atoms with van der Waals surface area (Å²) in [5, 5.41) is 1.84. The molecule has 0 aromatic heterocycles. The molecular weight excluding hydrogens is 257 g/mol. The van der Waals surface area contributed by atoms with Gasteiger partial charge in [0.2, 0.25) is 5.91 Å². The highest BCUT2D eigenvalue weighted by Crippen LogP contribution is 2.36. The molecular formula is C10H10ClF3N2O. The van der Waals surface area contributed by atoms with Crippen LogP contribution >= 0.6 is 11.6 Å². The number of halogens is 4. The third-order valence-corrected chi connectivity index (χ3v) is 2.28. The number of amides is 1. The fourth-order valence-corrected chi connectivity index (χ4v) is 1.30. The Morgan fingerprint density at radius 2 is 2.06 bits per heavy atom. The van der Waals surface area contributed by atoms with Gasteiger partial charge in [0.25, 0.3) is 0 Å². The van der Waals surface area contributed by atoms with Gasteiger partial charge in [-0.05, 0) is 25.1 Å². The summed E-state index contributed by atoms with van der Waals surface area (Å²) in [5.41, 5.74) is 4.28. The molecule has 0 saturated heterocycles. The van der Waals surface area contributed by atoms with Gasteiger partial charge < -0.3 is 11.1 Å². The fourth-order valence-electron chi connectivity index (χ4n) is 1.08. The van der Waals surface area contributed by atoms with Crippen molar-refractivity contribution in [1.82, 2.24) is 0 Å². The molecule has 0 fully saturated rings. The van der Waals surface area contributed by atoms with Crippen molar-refractivity contribution in [1.29, 1.82) is 0 Å². The summed E-state index contributed by atoms with van der Waals surface area (Å²) < 4.78 is 37.5. The number of rotatable bonds is 2. The van der Waals surface area contributed by atoms with Gasteiger partial charge in [-0.1, -0.05) is 11.6 Å². The Kier molecular flexibility index (Phi) is 4.00.